The molecular formula is C30H42N2O4. The van der Waals surface area contributed by atoms with Gasteiger partial charge in [0.15, 0.2) is 0 Å². The van der Waals surface area contributed by atoms with Crippen molar-refractivity contribution in [2.24, 2.45) is 5.92 Å². The fraction of sp³-hybridized carbons (Fsp3) is 0.533. The normalized spacial score (nSPS) is 15.8. The molecule has 0 saturated carbocycles. The Morgan fingerprint density at radius 1 is 0.944 bits per heavy atom. The minimum absolute atomic E-state index is 0.0780. The van der Waals surface area contributed by atoms with E-state index in [2.05, 4.69) is 30.9 Å². The minimum atomic E-state index is -0.955. The van der Waals surface area contributed by atoms with Crippen LogP contribution in [0.1, 0.15) is 92.8 Å². The maximum absolute atomic E-state index is 13.2. The van der Waals surface area contributed by atoms with E-state index < -0.39 is 5.97 Å². The van der Waals surface area contributed by atoms with E-state index in [0.29, 0.717) is 25.6 Å². The summed E-state index contributed by atoms with van der Waals surface area (Å²) in [6.45, 7) is 11.0. The highest BCUT2D eigenvalue weighted by Gasteiger charge is 2.24. The number of amides is 1. The quantitative estimate of drug-likeness (QED) is 0.498. The third kappa shape index (κ3) is 7.10. The van der Waals surface area contributed by atoms with Crippen molar-refractivity contribution >= 4 is 17.6 Å². The number of methoxy groups -OCH3 is 1. The van der Waals surface area contributed by atoms with Crippen LogP contribution in [0.15, 0.2) is 36.4 Å². The standard InChI is InChI=1S/C30H42N2O4/c1-21(2)23-12-14-28(36-5)26(17-23)20-31-15-9-7-6-8-10-16-32(29(33)22(3)4)27-13-11-24(30(34)35)18-25(27)19-31/h11-14,17-18,21-22H,6-10,15-16,19-20H2,1-5H3,(H,34,35). The molecule has 0 unspecified atom stereocenters. The number of fused-ring (bicyclic) bond motifs is 1. The van der Waals surface area contributed by atoms with Crippen molar-refractivity contribution in [2.75, 3.05) is 25.1 Å². The second kappa shape index (κ2) is 12.9. The number of benzene rings is 2. The van der Waals surface area contributed by atoms with Crippen LogP contribution in [0.2, 0.25) is 0 Å². The van der Waals surface area contributed by atoms with Crippen LogP contribution in [0.25, 0.3) is 0 Å². The summed E-state index contributed by atoms with van der Waals surface area (Å²) in [6, 6.07) is 11.6. The zero-order valence-corrected chi connectivity index (χ0v) is 22.5. The van der Waals surface area contributed by atoms with Crippen molar-refractivity contribution in [3.8, 4) is 5.75 Å². The predicted molar refractivity (Wildman–Crippen MR) is 145 cm³/mol. The topological polar surface area (TPSA) is 70.1 Å². The molecule has 0 spiro atoms. The predicted octanol–water partition coefficient (Wildman–Crippen LogP) is 6.47. The number of carbonyl (C=O) groups excluding carboxylic acids is 1. The maximum Gasteiger partial charge on any atom is 0.335 e. The lowest BCUT2D eigenvalue weighted by molar-refractivity contribution is -0.121. The van der Waals surface area contributed by atoms with Crippen molar-refractivity contribution in [1.29, 1.82) is 0 Å². The Labute approximate surface area is 216 Å². The van der Waals surface area contributed by atoms with Crippen LogP contribution < -0.4 is 9.64 Å². The average Bonchev–Trinajstić information content (AvgIpc) is 2.84. The van der Waals surface area contributed by atoms with Gasteiger partial charge in [0.2, 0.25) is 5.91 Å². The highest BCUT2D eigenvalue weighted by atomic mass is 16.5. The zero-order chi connectivity index (χ0) is 26.2. The van der Waals surface area contributed by atoms with E-state index in [1.165, 1.54) is 5.56 Å². The SMILES string of the molecule is COc1ccc(C(C)C)cc1CN1CCCCCCCN(C(=O)C(C)C)c2ccc(C(=O)O)cc2C1. The summed E-state index contributed by atoms with van der Waals surface area (Å²) in [5, 5.41) is 9.70. The van der Waals surface area contributed by atoms with E-state index in [0.717, 1.165) is 61.2 Å². The number of aromatic carboxylic acids is 1. The Hall–Kier alpha value is -2.86. The van der Waals surface area contributed by atoms with E-state index in [1.807, 2.05) is 30.9 Å². The number of anilines is 1. The first-order valence-corrected chi connectivity index (χ1v) is 13.3. The van der Waals surface area contributed by atoms with Gasteiger partial charge in [-0.2, -0.15) is 0 Å². The molecule has 6 nitrogen and oxygen atoms in total. The highest BCUT2D eigenvalue weighted by molar-refractivity contribution is 5.96. The molecule has 1 heterocycles. The van der Waals surface area contributed by atoms with Crippen molar-refractivity contribution < 1.29 is 19.4 Å². The number of carbonyl (C=O) groups is 2. The van der Waals surface area contributed by atoms with E-state index in [1.54, 1.807) is 19.2 Å². The molecule has 0 fully saturated rings. The van der Waals surface area contributed by atoms with Crippen LogP contribution in [0.4, 0.5) is 5.69 Å². The number of carboxylic acid groups (broad SMARTS) is 1. The lowest BCUT2D eigenvalue weighted by Gasteiger charge is -2.31. The molecular weight excluding hydrogens is 452 g/mol. The third-order valence-corrected chi connectivity index (χ3v) is 6.99. The molecule has 1 aliphatic heterocycles. The van der Waals surface area contributed by atoms with E-state index in [-0.39, 0.29) is 17.4 Å². The average molecular weight is 495 g/mol. The van der Waals surface area contributed by atoms with E-state index in [4.69, 9.17) is 4.74 Å². The van der Waals surface area contributed by atoms with Gasteiger partial charge in [-0.25, -0.2) is 4.79 Å². The third-order valence-electron chi connectivity index (χ3n) is 6.99. The Balaban J connectivity index is 2.05. The Morgan fingerprint density at radius 3 is 2.28 bits per heavy atom. The van der Waals surface area contributed by atoms with Gasteiger partial charge in [0, 0.05) is 36.8 Å². The van der Waals surface area contributed by atoms with Gasteiger partial charge in [0.1, 0.15) is 5.75 Å². The first-order valence-electron chi connectivity index (χ1n) is 13.3. The van der Waals surface area contributed by atoms with Crippen LogP contribution in [0.3, 0.4) is 0 Å². The summed E-state index contributed by atoms with van der Waals surface area (Å²) in [5.41, 5.74) is 4.34. The van der Waals surface area contributed by atoms with Gasteiger partial charge < -0.3 is 14.7 Å². The molecule has 6 heteroatoms. The van der Waals surface area contributed by atoms with Crippen molar-refractivity contribution in [3.05, 3.63) is 58.7 Å². The molecule has 2 aromatic carbocycles. The molecule has 0 aromatic heterocycles. The summed E-state index contributed by atoms with van der Waals surface area (Å²) < 4.78 is 5.70. The van der Waals surface area contributed by atoms with E-state index >= 15 is 0 Å². The van der Waals surface area contributed by atoms with Gasteiger partial charge in [-0.3, -0.25) is 9.69 Å². The van der Waals surface area contributed by atoms with Gasteiger partial charge in [-0.05, 0) is 60.7 Å². The lowest BCUT2D eigenvalue weighted by Crippen LogP contribution is -2.37. The maximum atomic E-state index is 13.2. The van der Waals surface area contributed by atoms with Crippen LogP contribution in [0, 0.1) is 5.92 Å². The molecule has 1 aliphatic rings. The number of nitrogens with zero attached hydrogens (tertiary/aromatic N) is 2. The number of hydrogen-bond acceptors (Lipinski definition) is 4. The van der Waals surface area contributed by atoms with Gasteiger partial charge in [-0.1, -0.05) is 59.1 Å². The monoisotopic (exact) mass is 494 g/mol. The van der Waals surface area contributed by atoms with Gasteiger partial charge in [-0.15, -0.1) is 0 Å². The molecule has 196 valence electrons. The Morgan fingerprint density at radius 2 is 1.64 bits per heavy atom. The molecule has 2 aromatic rings. The van der Waals surface area contributed by atoms with E-state index in [9.17, 15) is 14.7 Å². The second-order valence-corrected chi connectivity index (χ2v) is 10.5. The first-order chi connectivity index (χ1) is 17.2. The van der Waals surface area contributed by atoms with Gasteiger partial charge >= 0.3 is 5.97 Å². The van der Waals surface area contributed by atoms with Crippen LogP contribution >= 0.6 is 0 Å². The lowest BCUT2D eigenvalue weighted by atomic mass is 9.99. The summed E-state index contributed by atoms with van der Waals surface area (Å²) in [6.07, 6.45) is 5.39. The second-order valence-electron chi connectivity index (χ2n) is 10.5. The highest BCUT2D eigenvalue weighted by Crippen LogP contribution is 2.30. The smallest absolute Gasteiger partial charge is 0.335 e. The summed E-state index contributed by atoms with van der Waals surface area (Å²) in [5.74, 6) is 0.263. The minimum Gasteiger partial charge on any atom is -0.496 e. The molecule has 1 N–H and O–H groups in total. The fourth-order valence-corrected chi connectivity index (χ4v) is 4.88. The van der Waals surface area contributed by atoms with Crippen LogP contribution in [-0.2, 0) is 17.9 Å². The molecule has 0 radical (unpaired) electrons. The number of hydrogen-bond donors (Lipinski definition) is 1. The summed E-state index contributed by atoms with van der Waals surface area (Å²) in [7, 11) is 1.70. The number of carboxylic acids is 1. The number of rotatable bonds is 6. The molecule has 0 bridgehead atoms. The Bertz CT molecular complexity index is 1050. The fourth-order valence-electron chi connectivity index (χ4n) is 4.88. The number of ether oxygens (including phenoxy) is 1. The molecule has 0 atom stereocenters. The zero-order valence-electron chi connectivity index (χ0n) is 22.5. The molecule has 0 aliphatic carbocycles. The van der Waals surface area contributed by atoms with Crippen LogP contribution in [0.5, 0.6) is 5.75 Å². The van der Waals surface area contributed by atoms with Gasteiger partial charge in [0.25, 0.3) is 0 Å². The Kier molecular flexibility index (Phi) is 9.94. The van der Waals surface area contributed by atoms with Crippen molar-refractivity contribution in [3.63, 3.8) is 0 Å². The molecule has 1 amide bonds. The largest absolute Gasteiger partial charge is 0.496 e. The van der Waals surface area contributed by atoms with Gasteiger partial charge in [0.05, 0.1) is 12.7 Å². The molecule has 3 rings (SSSR count). The van der Waals surface area contributed by atoms with Crippen molar-refractivity contribution in [1.82, 2.24) is 4.90 Å². The van der Waals surface area contributed by atoms with Crippen molar-refractivity contribution in [2.45, 2.75) is 78.8 Å². The molecule has 0 saturated heterocycles. The van der Waals surface area contributed by atoms with Crippen LogP contribution in [-0.4, -0.2) is 42.1 Å². The molecule has 36 heavy (non-hydrogen) atoms. The first kappa shape index (κ1) is 27.7. The summed E-state index contributed by atoms with van der Waals surface area (Å²) >= 11 is 0. The summed E-state index contributed by atoms with van der Waals surface area (Å²) in [4.78, 5) is 29.3.